The van der Waals surface area contributed by atoms with Crippen LogP contribution in [0, 0.1) is 0 Å². The van der Waals surface area contributed by atoms with Gasteiger partial charge >= 0.3 is 0 Å². The van der Waals surface area contributed by atoms with E-state index in [-0.39, 0.29) is 5.15 Å². The lowest BCUT2D eigenvalue weighted by atomic mass is 10.2. The van der Waals surface area contributed by atoms with E-state index < -0.39 is 0 Å². The molecule has 21 heavy (non-hydrogen) atoms. The summed E-state index contributed by atoms with van der Waals surface area (Å²) in [5, 5.41) is 1.50. The first kappa shape index (κ1) is 13.7. The molecule has 1 aromatic carbocycles. The summed E-state index contributed by atoms with van der Waals surface area (Å²) in [5.74, 6) is 0.639. The molecule has 0 aliphatic carbocycles. The van der Waals surface area contributed by atoms with Crippen molar-refractivity contribution >= 4 is 34.0 Å². The molecule has 3 rings (SSSR count). The van der Waals surface area contributed by atoms with Crippen LogP contribution in [0.15, 0.2) is 36.7 Å². The lowest BCUT2D eigenvalue weighted by molar-refractivity contribution is 0.798. The second-order valence-corrected chi connectivity index (χ2v) is 5.37. The van der Waals surface area contributed by atoms with Gasteiger partial charge in [0.2, 0.25) is 0 Å². The van der Waals surface area contributed by atoms with Crippen molar-refractivity contribution in [1.82, 2.24) is 14.5 Å². The fourth-order valence-corrected chi connectivity index (χ4v) is 2.61. The van der Waals surface area contributed by atoms with Gasteiger partial charge in [-0.2, -0.15) is 0 Å². The molecular formula is C15H16ClN5. The van der Waals surface area contributed by atoms with Crippen molar-refractivity contribution in [2.75, 3.05) is 17.7 Å². The largest absolute Gasteiger partial charge is 0.393 e. The third kappa shape index (κ3) is 2.40. The first-order valence-electron chi connectivity index (χ1n) is 6.58. The van der Waals surface area contributed by atoms with Gasteiger partial charge in [-0.05, 0) is 17.5 Å². The van der Waals surface area contributed by atoms with Crippen LogP contribution in [-0.4, -0.2) is 21.6 Å². The van der Waals surface area contributed by atoms with Gasteiger partial charge in [0, 0.05) is 25.3 Å². The second-order valence-electron chi connectivity index (χ2n) is 5.01. The molecule has 3 aromatic rings. The Bertz CT molecular complexity index is 796. The number of anilines is 2. The Labute approximate surface area is 128 Å². The van der Waals surface area contributed by atoms with Crippen LogP contribution >= 0.6 is 11.6 Å². The third-order valence-corrected chi connectivity index (χ3v) is 3.93. The first-order valence-corrected chi connectivity index (χ1v) is 6.96. The Morgan fingerprint density at radius 1 is 1.29 bits per heavy atom. The highest BCUT2D eigenvalue weighted by molar-refractivity contribution is 6.32. The van der Waals surface area contributed by atoms with E-state index in [1.54, 1.807) is 0 Å². The van der Waals surface area contributed by atoms with Crippen LogP contribution in [0.1, 0.15) is 5.69 Å². The highest BCUT2D eigenvalue weighted by Gasteiger charge is 2.13. The number of hydrogen-bond acceptors (Lipinski definition) is 4. The highest BCUT2D eigenvalue weighted by atomic mass is 35.5. The Morgan fingerprint density at radius 2 is 2.05 bits per heavy atom. The van der Waals surface area contributed by atoms with Crippen LogP contribution < -0.4 is 10.6 Å². The van der Waals surface area contributed by atoms with E-state index in [9.17, 15) is 0 Å². The minimum absolute atomic E-state index is 0.281. The summed E-state index contributed by atoms with van der Waals surface area (Å²) in [6.07, 6.45) is 1.42. The number of aromatic nitrogens is 3. The molecule has 0 radical (unpaired) electrons. The summed E-state index contributed by atoms with van der Waals surface area (Å²) in [4.78, 5) is 10.1. The Hall–Kier alpha value is -2.27. The Balaban J connectivity index is 1.94. The summed E-state index contributed by atoms with van der Waals surface area (Å²) in [6, 6.07) is 10.5. The predicted molar refractivity (Wildman–Crippen MR) is 86.5 cm³/mol. The molecular weight excluding hydrogens is 286 g/mol. The molecule has 108 valence electrons. The molecule has 0 unspecified atom stereocenters. The maximum absolute atomic E-state index is 5.95. The van der Waals surface area contributed by atoms with Crippen LogP contribution in [0.4, 0.5) is 11.5 Å². The van der Waals surface area contributed by atoms with Crippen LogP contribution in [0.3, 0.4) is 0 Å². The zero-order valence-corrected chi connectivity index (χ0v) is 12.7. The third-order valence-electron chi connectivity index (χ3n) is 3.63. The van der Waals surface area contributed by atoms with E-state index in [2.05, 4.69) is 39.8 Å². The summed E-state index contributed by atoms with van der Waals surface area (Å²) in [6.45, 7) is 0.683. The molecule has 2 heterocycles. The van der Waals surface area contributed by atoms with Crippen molar-refractivity contribution in [3.05, 3.63) is 47.5 Å². The van der Waals surface area contributed by atoms with Crippen molar-refractivity contribution in [2.24, 2.45) is 7.05 Å². The number of nitrogen functional groups attached to an aromatic ring is 1. The van der Waals surface area contributed by atoms with E-state index in [1.165, 1.54) is 22.9 Å². The van der Waals surface area contributed by atoms with Gasteiger partial charge in [-0.1, -0.05) is 29.8 Å². The number of halogens is 1. The number of para-hydroxylation sites is 1. The summed E-state index contributed by atoms with van der Waals surface area (Å²) in [5.41, 5.74) is 8.73. The average Bonchev–Trinajstić information content (AvgIpc) is 2.79. The van der Waals surface area contributed by atoms with Crippen LogP contribution in [0.25, 0.3) is 10.9 Å². The number of nitrogens with zero attached hydrogens (tertiary/aromatic N) is 4. The monoisotopic (exact) mass is 301 g/mol. The lowest BCUT2D eigenvalue weighted by Gasteiger charge is -2.20. The molecule has 2 aromatic heterocycles. The summed E-state index contributed by atoms with van der Waals surface area (Å²) < 4.78 is 2.17. The lowest BCUT2D eigenvalue weighted by Crippen LogP contribution is -2.21. The molecule has 0 aliphatic heterocycles. The van der Waals surface area contributed by atoms with Crippen molar-refractivity contribution < 1.29 is 0 Å². The predicted octanol–water partition coefficient (Wildman–Crippen LogP) is 2.84. The van der Waals surface area contributed by atoms with Crippen LogP contribution in [0.2, 0.25) is 5.15 Å². The van der Waals surface area contributed by atoms with Gasteiger partial charge in [-0.15, -0.1) is 0 Å². The second kappa shape index (κ2) is 5.26. The minimum Gasteiger partial charge on any atom is -0.393 e. The molecule has 6 heteroatoms. The van der Waals surface area contributed by atoms with E-state index in [0.29, 0.717) is 18.1 Å². The van der Waals surface area contributed by atoms with Crippen molar-refractivity contribution in [3.8, 4) is 0 Å². The normalized spacial score (nSPS) is 11.0. The Kier molecular flexibility index (Phi) is 3.43. The molecule has 2 N–H and O–H groups in total. The number of fused-ring (bicyclic) bond motifs is 1. The average molecular weight is 302 g/mol. The maximum Gasteiger partial charge on any atom is 0.157 e. The fourth-order valence-electron chi connectivity index (χ4n) is 2.49. The summed E-state index contributed by atoms with van der Waals surface area (Å²) >= 11 is 5.95. The molecule has 5 nitrogen and oxygen atoms in total. The Morgan fingerprint density at radius 3 is 2.81 bits per heavy atom. The van der Waals surface area contributed by atoms with Gasteiger partial charge in [-0.25, -0.2) is 9.97 Å². The molecule has 0 saturated heterocycles. The number of aryl methyl sites for hydroxylation is 1. The minimum atomic E-state index is 0.281. The smallest absolute Gasteiger partial charge is 0.157 e. The van der Waals surface area contributed by atoms with Gasteiger partial charge in [-0.3, -0.25) is 0 Å². The maximum atomic E-state index is 5.95. The van der Waals surface area contributed by atoms with Crippen LogP contribution in [0.5, 0.6) is 0 Å². The number of rotatable bonds is 3. The zero-order chi connectivity index (χ0) is 15.0. The van der Waals surface area contributed by atoms with E-state index in [1.807, 2.05) is 24.1 Å². The standard InChI is InChI=1S/C15H16ClN5/c1-20(15-13(17)14(16)18-9-19-15)8-11-7-10-5-3-4-6-12(10)21(11)2/h3-7,9H,8,17H2,1-2H3. The van der Waals surface area contributed by atoms with Gasteiger partial charge in [0.25, 0.3) is 0 Å². The molecule has 0 amide bonds. The van der Waals surface area contributed by atoms with Gasteiger partial charge in [0.05, 0.1) is 6.54 Å². The SMILES string of the molecule is CN(Cc1cc2ccccc2n1C)c1ncnc(Cl)c1N. The highest BCUT2D eigenvalue weighted by Crippen LogP contribution is 2.27. The van der Waals surface area contributed by atoms with Crippen molar-refractivity contribution in [2.45, 2.75) is 6.54 Å². The number of nitrogens with two attached hydrogens (primary N) is 1. The first-order chi connectivity index (χ1) is 10.1. The molecule has 0 aliphatic rings. The molecule has 0 bridgehead atoms. The van der Waals surface area contributed by atoms with E-state index in [4.69, 9.17) is 17.3 Å². The number of hydrogen-bond donors (Lipinski definition) is 1. The molecule has 0 spiro atoms. The molecule has 0 fully saturated rings. The molecule has 0 saturated carbocycles. The van der Waals surface area contributed by atoms with Gasteiger partial charge < -0.3 is 15.2 Å². The van der Waals surface area contributed by atoms with E-state index in [0.717, 1.165) is 0 Å². The van der Waals surface area contributed by atoms with Crippen LogP contribution in [-0.2, 0) is 13.6 Å². The van der Waals surface area contributed by atoms with Crippen molar-refractivity contribution in [3.63, 3.8) is 0 Å². The number of benzene rings is 1. The summed E-state index contributed by atoms with van der Waals surface area (Å²) in [7, 11) is 3.99. The quantitative estimate of drug-likeness (QED) is 0.756. The topological polar surface area (TPSA) is 60.0 Å². The van der Waals surface area contributed by atoms with Gasteiger partial charge in [0.15, 0.2) is 11.0 Å². The zero-order valence-electron chi connectivity index (χ0n) is 11.9. The molecule has 0 atom stereocenters. The fraction of sp³-hybridized carbons (Fsp3) is 0.200. The van der Waals surface area contributed by atoms with E-state index >= 15 is 0 Å². The van der Waals surface area contributed by atoms with Crippen molar-refractivity contribution in [1.29, 1.82) is 0 Å². The van der Waals surface area contributed by atoms with Gasteiger partial charge in [0.1, 0.15) is 12.0 Å².